The largest absolute Gasteiger partial charge is 0.333 e. The van der Waals surface area contributed by atoms with E-state index in [4.69, 9.17) is 0 Å². The third-order valence-corrected chi connectivity index (χ3v) is 4.00. The minimum Gasteiger partial charge on any atom is -0.333 e. The Kier molecular flexibility index (Phi) is 4.49. The molecule has 0 fully saturated rings. The molecule has 98 valence electrons. The molecule has 1 unspecified atom stereocenters. The maximum Gasteiger partial charge on any atom is 0.110 e. The first kappa shape index (κ1) is 13.2. The minimum absolute atomic E-state index is 0.286. The maximum atomic E-state index is 4.50. The molecule has 5 heteroatoms. The summed E-state index contributed by atoms with van der Waals surface area (Å²) in [5.41, 5.74) is 2.33. The average Bonchev–Trinajstić information content (AvgIpc) is 2.96. The zero-order valence-electron chi connectivity index (χ0n) is 11.2. The summed E-state index contributed by atoms with van der Waals surface area (Å²) in [6.45, 7) is 8.22. The van der Waals surface area contributed by atoms with Crippen LogP contribution in [0.15, 0.2) is 17.9 Å². The molecule has 4 nitrogen and oxygen atoms in total. The van der Waals surface area contributed by atoms with Crippen LogP contribution < -0.4 is 5.32 Å². The lowest BCUT2D eigenvalue weighted by Gasteiger charge is -2.12. The van der Waals surface area contributed by atoms with Crippen LogP contribution in [0.25, 0.3) is 0 Å². The Balaban J connectivity index is 1.92. The molecule has 0 spiro atoms. The molecule has 0 aliphatic heterocycles. The van der Waals surface area contributed by atoms with Gasteiger partial charge in [-0.15, -0.1) is 11.3 Å². The van der Waals surface area contributed by atoms with Crippen molar-refractivity contribution >= 4 is 11.3 Å². The molecule has 2 rings (SSSR count). The zero-order valence-corrected chi connectivity index (χ0v) is 12.0. The third kappa shape index (κ3) is 3.17. The number of hydrogen-bond acceptors (Lipinski definition) is 4. The van der Waals surface area contributed by atoms with E-state index < -0.39 is 0 Å². The van der Waals surface area contributed by atoms with Crippen LogP contribution in [-0.4, -0.2) is 14.5 Å². The molecule has 0 aliphatic rings. The molecule has 0 radical (unpaired) electrons. The topological polar surface area (TPSA) is 42.7 Å². The van der Waals surface area contributed by atoms with Gasteiger partial charge in [0.15, 0.2) is 0 Å². The summed E-state index contributed by atoms with van der Waals surface area (Å²) in [7, 11) is 0. The van der Waals surface area contributed by atoms with E-state index in [1.54, 1.807) is 11.3 Å². The van der Waals surface area contributed by atoms with Crippen LogP contribution in [-0.2, 0) is 13.1 Å². The molecular formula is C13H20N4S. The van der Waals surface area contributed by atoms with Crippen LogP contribution in [0.3, 0.4) is 0 Å². The minimum atomic E-state index is 0.286. The summed E-state index contributed by atoms with van der Waals surface area (Å²) in [5.74, 6) is 0. The predicted octanol–water partition coefficient (Wildman–Crippen LogP) is 2.91. The molecule has 2 aromatic heterocycles. The summed E-state index contributed by atoms with van der Waals surface area (Å²) in [6.07, 6.45) is 4.96. The van der Waals surface area contributed by atoms with Crippen molar-refractivity contribution in [1.29, 1.82) is 0 Å². The van der Waals surface area contributed by atoms with E-state index in [0.717, 1.165) is 30.2 Å². The summed E-state index contributed by atoms with van der Waals surface area (Å²) < 4.78 is 2.20. The second-order valence-corrected chi connectivity index (χ2v) is 5.40. The van der Waals surface area contributed by atoms with E-state index >= 15 is 0 Å². The molecule has 2 aromatic rings. The van der Waals surface area contributed by atoms with Gasteiger partial charge < -0.3 is 9.88 Å². The van der Waals surface area contributed by atoms with Crippen molar-refractivity contribution in [1.82, 2.24) is 19.9 Å². The van der Waals surface area contributed by atoms with Crippen molar-refractivity contribution in [3.63, 3.8) is 0 Å². The number of rotatable bonds is 6. The molecule has 0 aliphatic carbocycles. The van der Waals surface area contributed by atoms with Crippen molar-refractivity contribution in [3.05, 3.63) is 34.3 Å². The molecule has 1 atom stereocenters. The first-order valence-electron chi connectivity index (χ1n) is 6.35. The summed E-state index contributed by atoms with van der Waals surface area (Å²) in [5, 5.41) is 6.74. The highest BCUT2D eigenvalue weighted by Crippen LogP contribution is 2.17. The third-order valence-electron chi connectivity index (χ3n) is 2.86. The molecule has 2 heterocycles. The van der Waals surface area contributed by atoms with Gasteiger partial charge in [-0.2, -0.15) is 0 Å². The van der Waals surface area contributed by atoms with Crippen LogP contribution in [0.2, 0.25) is 0 Å². The molecule has 0 saturated heterocycles. The van der Waals surface area contributed by atoms with Gasteiger partial charge in [0, 0.05) is 30.4 Å². The van der Waals surface area contributed by atoms with E-state index in [2.05, 4.69) is 39.1 Å². The fraction of sp³-hybridized carbons (Fsp3) is 0.538. The average molecular weight is 264 g/mol. The van der Waals surface area contributed by atoms with Crippen molar-refractivity contribution in [2.75, 3.05) is 0 Å². The number of thiazole rings is 1. The number of imidazole rings is 1. The van der Waals surface area contributed by atoms with Crippen LogP contribution in [0, 0.1) is 6.92 Å². The normalized spacial score (nSPS) is 12.8. The molecule has 0 saturated carbocycles. The van der Waals surface area contributed by atoms with Gasteiger partial charge in [0.2, 0.25) is 0 Å². The maximum absolute atomic E-state index is 4.50. The quantitative estimate of drug-likeness (QED) is 0.872. The summed E-state index contributed by atoms with van der Waals surface area (Å²) in [4.78, 5) is 8.71. The molecule has 1 N–H and O–H groups in total. The van der Waals surface area contributed by atoms with Gasteiger partial charge in [0.1, 0.15) is 5.01 Å². The smallest absolute Gasteiger partial charge is 0.110 e. The van der Waals surface area contributed by atoms with Crippen LogP contribution in [0.4, 0.5) is 0 Å². The molecule has 18 heavy (non-hydrogen) atoms. The number of hydrogen-bond donors (Lipinski definition) is 1. The Labute approximate surface area is 112 Å². The SMILES string of the molecule is CCCn1cncc1CNC(C)c1nc(C)cs1. The Morgan fingerprint density at radius 3 is 3.00 bits per heavy atom. The lowest BCUT2D eigenvalue weighted by molar-refractivity contribution is 0.539. The zero-order chi connectivity index (χ0) is 13.0. The number of nitrogens with one attached hydrogen (secondary N) is 1. The van der Waals surface area contributed by atoms with Crippen LogP contribution in [0.1, 0.15) is 42.7 Å². The van der Waals surface area contributed by atoms with Gasteiger partial charge in [-0.3, -0.25) is 0 Å². The highest BCUT2D eigenvalue weighted by atomic mass is 32.1. The van der Waals surface area contributed by atoms with Crippen LogP contribution >= 0.6 is 11.3 Å². The lowest BCUT2D eigenvalue weighted by atomic mass is 10.3. The van der Waals surface area contributed by atoms with E-state index in [-0.39, 0.29) is 6.04 Å². The first-order valence-corrected chi connectivity index (χ1v) is 7.23. The van der Waals surface area contributed by atoms with Crippen molar-refractivity contribution in [2.24, 2.45) is 0 Å². The number of nitrogens with zero attached hydrogens (tertiary/aromatic N) is 3. The van der Waals surface area contributed by atoms with E-state index in [9.17, 15) is 0 Å². The van der Waals surface area contributed by atoms with Gasteiger partial charge in [0.05, 0.1) is 18.1 Å². The van der Waals surface area contributed by atoms with E-state index in [0.29, 0.717) is 0 Å². The standard InChI is InChI=1S/C13H20N4S/c1-4-5-17-9-14-6-12(17)7-15-11(3)13-16-10(2)8-18-13/h6,8-9,11,15H,4-5,7H2,1-3H3. The monoisotopic (exact) mass is 264 g/mol. The fourth-order valence-electron chi connectivity index (χ4n) is 1.85. The van der Waals surface area contributed by atoms with Crippen LogP contribution in [0.5, 0.6) is 0 Å². The van der Waals surface area contributed by atoms with Gasteiger partial charge in [-0.05, 0) is 20.3 Å². The first-order chi connectivity index (χ1) is 8.70. The highest BCUT2D eigenvalue weighted by molar-refractivity contribution is 7.09. The van der Waals surface area contributed by atoms with E-state index in [1.807, 2.05) is 19.4 Å². The van der Waals surface area contributed by atoms with Gasteiger partial charge >= 0.3 is 0 Å². The Morgan fingerprint density at radius 1 is 1.50 bits per heavy atom. The van der Waals surface area contributed by atoms with Crippen molar-refractivity contribution in [2.45, 2.75) is 46.3 Å². The lowest BCUT2D eigenvalue weighted by Crippen LogP contribution is -2.20. The predicted molar refractivity (Wildman–Crippen MR) is 74.6 cm³/mol. The van der Waals surface area contributed by atoms with Crippen molar-refractivity contribution in [3.8, 4) is 0 Å². The summed E-state index contributed by atoms with van der Waals surface area (Å²) in [6, 6.07) is 0.286. The fourth-order valence-corrected chi connectivity index (χ4v) is 2.68. The molecule has 0 aromatic carbocycles. The highest BCUT2D eigenvalue weighted by Gasteiger charge is 2.10. The van der Waals surface area contributed by atoms with E-state index in [1.165, 1.54) is 5.69 Å². The Bertz CT molecular complexity index is 489. The second kappa shape index (κ2) is 6.11. The number of aromatic nitrogens is 3. The van der Waals surface area contributed by atoms with Gasteiger partial charge in [-0.25, -0.2) is 9.97 Å². The van der Waals surface area contributed by atoms with Gasteiger partial charge in [0.25, 0.3) is 0 Å². The Morgan fingerprint density at radius 2 is 2.33 bits per heavy atom. The number of aryl methyl sites for hydroxylation is 2. The Hall–Kier alpha value is -1.20. The van der Waals surface area contributed by atoms with Crippen molar-refractivity contribution < 1.29 is 0 Å². The summed E-state index contributed by atoms with van der Waals surface area (Å²) >= 11 is 1.71. The molecular weight excluding hydrogens is 244 g/mol. The molecule has 0 amide bonds. The van der Waals surface area contributed by atoms with Gasteiger partial charge in [-0.1, -0.05) is 6.92 Å². The molecule has 0 bridgehead atoms. The second-order valence-electron chi connectivity index (χ2n) is 4.51.